The second kappa shape index (κ2) is 12.1. The van der Waals surface area contributed by atoms with E-state index in [2.05, 4.69) is 21.2 Å². The highest BCUT2D eigenvalue weighted by Crippen LogP contribution is 2.22. The van der Waals surface area contributed by atoms with Crippen LogP contribution in [0.25, 0.3) is 0 Å². The van der Waals surface area contributed by atoms with Crippen molar-refractivity contribution in [2.75, 3.05) is 13.2 Å². The molecule has 0 aromatic heterocycles. The Kier molecular flexibility index (Phi) is 9.85. The Morgan fingerprint density at radius 2 is 1.84 bits per heavy atom. The maximum absolute atomic E-state index is 13.2. The summed E-state index contributed by atoms with van der Waals surface area (Å²) in [6, 6.07) is 12.3. The van der Waals surface area contributed by atoms with Crippen LogP contribution in [0, 0.1) is 12.8 Å². The number of hydrogen-bond donors (Lipinski definition) is 1. The molecule has 2 rings (SSSR count). The average Bonchev–Trinajstić information content (AvgIpc) is 2.74. The van der Waals surface area contributed by atoms with E-state index in [1.807, 2.05) is 52.0 Å². The monoisotopic (exact) mass is 508 g/mol. The van der Waals surface area contributed by atoms with Gasteiger partial charge in [-0.3, -0.25) is 9.59 Å². The molecule has 7 heteroatoms. The van der Waals surface area contributed by atoms with Gasteiger partial charge in [0.1, 0.15) is 11.8 Å². The Labute approximate surface area is 198 Å². The first-order chi connectivity index (χ1) is 14.7. The van der Waals surface area contributed by atoms with E-state index in [1.54, 1.807) is 23.1 Å². The van der Waals surface area contributed by atoms with E-state index >= 15 is 0 Å². The third-order valence-corrected chi connectivity index (χ3v) is 5.97. The molecular weight excluding hydrogens is 480 g/mol. The summed E-state index contributed by atoms with van der Waals surface area (Å²) in [5.74, 6) is 0.531. The van der Waals surface area contributed by atoms with Crippen LogP contribution < -0.4 is 10.1 Å². The quantitative estimate of drug-likeness (QED) is 0.468. The van der Waals surface area contributed by atoms with E-state index in [0.717, 1.165) is 15.6 Å². The fourth-order valence-electron chi connectivity index (χ4n) is 3.06. The van der Waals surface area contributed by atoms with Gasteiger partial charge in [-0.15, -0.1) is 0 Å². The maximum Gasteiger partial charge on any atom is 0.261 e. The number of amides is 2. The highest BCUT2D eigenvalue weighted by molar-refractivity contribution is 9.10. The molecule has 0 bridgehead atoms. The summed E-state index contributed by atoms with van der Waals surface area (Å²) < 4.78 is 6.72. The predicted octanol–water partition coefficient (Wildman–Crippen LogP) is 5.37. The van der Waals surface area contributed by atoms with Crippen LogP contribution in [0.4, 0.5) is 0 Å². The normalized spacial score (nSPS) is 11.8. The number of ether oxygens (including phenoxy) is 1. The second-order valence-electron chi connectivity index (χ2n) is 7.91. The van der Waals surface area contributed by atoms with Crippen molar-refractivity contribution in [3.63, 3.8) is 0 Å². The van der Waals surface area contributed by atoms with Gasteiger partial charge in [-0.25, -0.2) is 0 Å². The lowest BCUT2D eigenvalue weighted by Gasteiger charge is -2.31. The van der Waals surface area contributed by atoms with E-state index < -0.39 is 6.04 Å². The van der Waals surface area contributed by atoms with Crippen LogP contribution in [0.3, 0.4) is 0 Å². The highest BCUT2D eigenvalue weighted by Gasteiger charge is 2.29. The Bertz CT molecular complexity index is 887. The fraction of sp³-hybridized carbons (Fsp3) is 0.417. The molecule has 0 heterocycles. The molecule has 31 heavy (non-hydrogen) atoms. The second-order valence-corrected chi connectivity index (χ2v) is 9.20. The fourth-order valence-corrected chi connectivity index (χ4v) is 3.44. The van der Waals surface area contributed by atoms with E-state index in [0.29, 0.717) is 36.2 Å². The molecular formula is C24H30BrClN2O3. The number of nitrogens with zero attached hydrogens (tertiary/aromatic N) is 1. The number of benzene rings is 2. The number of hydrogen-bond acceptors (Lipinski definition) is 3. The van der Waals surface area contributed by atoms with Gasteiger partial charge in [0.2, 0.25) is 5.91 Å². The minimum absolute atomic E-state index is 0.150. The van der Waals surface area contributed by atoms with Crippen molar-refractivity contribution in [1.82, 2.24) is 10.2 Å². The number of halogens is 2. The van der Waals surface area contributed by atoms with Gasteiger partial charge < -0.3 is 15.0 Å². The molecule has 0 saturated carbocycles. The first-order valence-electron chi connectivity index (χ1n) is 10.4. The zero-order chi connectivity index (χ0) is 23.0. The highest BCUT2D eigenvalue weighted by atomic mass is 79.9. The maximum atomic E-state index is 13.2. The van der Waals surface area contributed by atoms with Crippen molar-refractivity contribution in [1.29, 1.82) is 0 Å². The molecule has 0 saturated heterocycles. The van der Waals surface area contributed by atoms with Crippen molar-refractivity contribution in [2.45, 2.75) is 46.7 Å². The number of carbonyl (C=O) groups is 2. The summed E-state index contributed by atoms with van der Waals surface area (Å²) in [5.41, 5.74) is 1.91. The minimum Gasteiger partial charge on any atom is -0.484 e. The van der Waals surface area contributed by atoms with Crippen molar-refractivity contribution in [3.8, 4) is 5.75 Å². The molecule has 0 aliphatic carbocycles. The summed E-state index contributed by atoms with van der Waals surface area (Å²) in [6.07, 6.45) is 0.501. The molecule has 0 spiro atoms. The Morgan fingerprint density at radius 1 is 1.16 bits per heavy atom. The van der Waals surface area contributed by atoms with Gasteiger partial charge in [-0.05, 0) is 60.7 Å². The van der Waals surface area contributed by atoms with Crippen molar-refractivity contribution < 1.29 is 14.3 Å². The number of aryl methyl sites for hydroxylation is 1. The summed E-state index contributed by atoms with van der Waals surface area (Å²) in [5, 5.41) is 3.57. The Hall–Kier alpha value is -2.05. The van der Waals surface area contributed by atoms with Gasteiger partial charge in [-0.2, -0.15) is 0 Å². The summed E-state index contributed by atoms with van der Waals surface area (Å²) in [6.45, 7) is 8.64. The number of nitrogens with one attached hydrogen (secondary N) is 1. The molecule has 0 unspecified atom stereocenters. The van der Waals surface area contributed by atoms with Crippen molar-refractivity contribution in [3.05, 3.63) is 63.1 Å². The SMILES string of the molecule is CC[C@H](C(=O)NCC(C)C)N(Cc1ccc(Cl)cc1)C(=O)COc1ccc(Br)c(C)c1. The Balaban J connectivity index is 2.19. The molecule has 0 radical (unpaired) electrons. The van der Waals surface area contributed by atoms with E-state index in [4.69, 9.17) is 16.3 Å². The van der Waals surface area contributed by atoms with Gasteiger partial charge in [0, 0.05) is 22.6 Å². The molecule has 168 valence electrons. The standard InChI is InChI=1S/C24H30BrClN2O3/c1-5-22(24(30)27-13-16(2)3)28(14-18-6-8-19(26)9-7-18)23(29)15-31-20-10-11-21(25)17(4)12-20/h6-12,16,22H,5,13-15H2,1-4H3,(H,27,30)/t22-/m1/s1. The lowest BCUT2D eigenvalue weighted by molar-refractivity contribution is -0.143. The zero-order valence-corrected chi connectivity index (χ0v) is 20.8. The molecule has 2 aromatic rings. The third-order valence-electron chi connectivity index (χ3n) is 4.83. The topological polar surface area (TPSA) is 58.6 Å². The van der Waals surface area contributed by atoms with Crippen LogP contribution in [0.5, 0.6) is 5.75 Å². The first-order valence-corrected chi connectivity index (χ1v) is 11.6. The molecule has 5 nitrogen and oxygen atoms in total. The van der Waals surface area contributed by atoms with Gasteiger partial charge in [0.15, 0.2) is 6.61 Å². The van der Waals surface area contributed by atoms with Gasteiger partial charge in [0.05, 0.1) is 0 Å². The summed E-state index contributed by atoms with van der Waals surface area (Å²) in [7, 11) is 0. The van der Waals surface area contributed by atoms with Crippen LogP contribution in [-0.2, 0) is 16.1 Å². The van der Waals surface area contributed by atoms with Crippen LogP contribution in [0.15, 0.2) is 46.9 Å². The molecule has 2 aromatic carbocycles. The van der Waals surface area contributed by atoms with Crippen LogP contribution >= 0.6 is 27.5 Å². The lowest BCUT2D eigenvalue weighted by Crippen LogP contribution is -2.50. The largest absolute Gasteiger partial charge is 0.484 e. The van der Waals surface area contributed by atoms with Gasteiger partial charge >= 0.3 is 0 Å². The van der Waals surface area contributed by atoms with Crippen molar-refractivity contribution in [2.24, 2.45) is 5.92 Å². The number of carbonyl (C=O) groups excluding carboxylic acids is 2. The van der Waals surface area contributed by atoms with E-state index in [1.165, 1.54) is 0 Å². The minimum atomic E-state index is -0.586. The van der Waals surface area contributed by atoms with Gasteiger partial charge in [-0.1, -0.05) is 60.4 Å². The smallest absolute Gasteiger partial charge is 0.261 e. The lowest BCUT2D eigenvalue weighted by atomic mass is 10.1. The van der Waals surface area contributed by atoms with Crippen LogP contribution in [-0.4, -0.2) is 35.9 Å². The third kappa shape index (κ3) is 7.86. The molecule has 1 N–H and O–H groups in total. The van der Waals surface area contributed by atoms with Crippen LogP contribution in [0.2, 0.25) is 5.02 Å². The zero-order valence-electron chi connectivity index (χ0n) is 18.5. The first kappa shape index (κ1) is 25.2. The summed E-state index contributed by atoms with van der Waals surface area (Å²) >= 11 is 9.45. The molecule has 0 aliphatic rings. The molecule has 0 fully saturated rings. The molecule has 0 aliphatic heterocycles. The molecule has 1 atom stereocenters. The van der Waals surface area contributed by atoms with Crippen molar-refractivity contribution >= 4 is 39.3 Å². The van der Waals surface area contributed by atoms with Crippen LogP contribution in [0.1, 0.15) is 38.3 Å². The molecule has 2 amide bonds. The van der Waals surface area contributed by atoms with E-state index in [-0.39, 0.29) is 18.4 Å². The summed E-state index contributed by atoms with van der Waals surface area (Å²) in [4.78, 5) is 27.6. The number of rotatable bonds is 10. The Morgan fingerprint density at radius 3 is 2.42 bits per heavy atom. The van der Waals surface area contributed by atoms with E-state index in [9.17, 15) is 9.59 Å². The predicted molar refractivity (Wildman–Crippen MR) is 128 cm³/mol. The van der Waals surface area contributed by atoms with Gasteiger partial charge in [0.25, 0.3) is 5.91 Å². The average molecular weight is 510 g/mol.